The SMILES string of the molecule is O=C1C=C(Oc2ccc(Cl)nc2)C(=O)N1CC1CCOCC1. The second-order valence-electron chi connectivity index (χ2n) is 5.24. The number of pyridine rings is 1. The molecule has 0 aromatic carbocycles. The molecule has 0 aliphatic carbocycles. The maximum atomic E-state index is 12.3. The van der Waals surface area contributed by atoms with Crippen molar-refractivity contribution in [2.75, 3.05) is 19.8 Å². The Balaban J connectivity index is 1.64. The van der Waals surface area contributed by atoms with Crippen molar-refractivity contribution in [3.8, 4) is 5.75 Å². The molecule has 0 N–H and O–H groups in total. The molecule has 0 bridgehead atoms. The fraction of sp³-hybridized carbons (Fsp3) is 0.400. The molecule has 22 heavy (non-hydrogen) atoms. The van der Waals surface area contributed by atoms with Crippen LogP contribution < -0.4 is 4.74 Å². The molecule has 2 aliphatic heterocycles. The van der Waals surface area contributed by atoms with Crippen LogP contribution in [-0.4, -0.2) is 41.5 Å². The van der Waals surface area contributed by atoms with Crippen molar-refractivity contribution in [3.63, 3.8) is 0 Å². The van der Waals surface area contributed by atoms with Crippen molar-refractivity contribution < 1.29 is 19.1 Å². The number of aromatic nitrogens is 1. The molecule has 1 aromatic rings. The first kappa shape index (κ1) is 15.0. The summed E-state index contributed by atoms with van der Waals surface area (Å²) in [6.07, 6.45) is 4.33. The monoisotopic (exact) mass is 322 g/mol. The molecule has 116 valence electrons. The van der Waals surface area contributed by atoms with E-state index in [0.717, 1.165) is 12.8 Å². The van der Waals surface area contributed by atoms with Crippen molar-refractivity contribution in [3.05, 3.63) is 35.3 Å². The Labute approximate surface area is 132 Å². The molecule has 6 nitrogen and oxygen atoms in total. The quantitative estimate of drug-likeness (QED) is 0.624. The summed E-state index contributed by atoms with van der Waals surface area (Å²) in [5, 5.41) is 0.330. The van der Waals surface area contributed by atoms with Crippen molar-refractivity contribution >= 4 is 23.4 Å². The van der Waals surface area contributed by atoms with Crippen LogP contribution >= 0.6 is 11.6 Å². The van der Waals surface area contributed by atoms with Gasteiger partial charge >= 0.3 is 0 Å². The minimum absolute atomic E-state index is 0.0150. The largest absolute Gasteiger partial charge is 0.450 e. The van der Waals surface area contributed by atoms with Crippen LogP contribution in [0.4, 0.5) is 0 Å². The molecule has 0 unspecified atom stereocenters. The van der Waals surface area contributed by atoms with E-state index in [-0.39, 0.29) is 17.6 Å². The van der Waals surface area contributed by atoms with Gasteiger partial charge < -0.3 is 9.47 Å². The summed E-state index contributed by atoms with van der Waals surface area (Å²) < 4.78 is 10.7. The molecule has 0 radical (unpaired) electrons. The molecule has 0 atom stereocenters. The van der Waals surface area contributed by atoms with E-state index in [1.807, 2.05) is 0 Å². The number of nitrogens with zero attached hydrogens (tertiary/aromatic N) is 2. The summed E-state index contributed by atoms with van der Waals surface area (Å²) in [6.45, 7) is 1.76. The highest BCUT2D eigenvalue weighted by molar-refractivity contribution is 6.29. The lowest BCUT2D eigenvalue weighted by Gasteiger charge is -2.25. The summed E-state index contributed by atoms with van der Waals surface area (Å²) >= 11 is 5.69. The predicted molar refractivity (Wildman–Crippen MR) is 78.2 cm³/mol. The molecular weight excluding hydrogens is 308 g/mol. The van der Waals surface area contributed by atoms with Crippen LogP contribution in [0.25, 0.3) is 0 Å². The fourth-order valence-electron chi connectivity index (χ4n) is 2.47. The normalized spacial score (nSPS) is 19.5. The van der Waals surface area contributed by atoms with Crippen LogP contribution in [0.1, 0.15) is 12.8 Å². The van der Waals surface area contributed by atoms with E-state index in [1.165, 1.54) is 17.2 Å². The van der Waals surface area contributed by atoms with Gasteiger partial charge in [0.1, 0.15) is 10.9 Å². The fourth-order valence-corrected chi connectivity index (χ4v) is 2.58. The Hall–Kier alpha value is -1.92. The third-order valence-electron chi connectivity index (χ3n) is 3.69. The lowest BCUT2D eigenvalue weighted by atomic mass is 10.00. The van der Waals surface area contributed by atoms with Crippen LogP contribution in [0.15, 0.2) is 30.2 Å². The number of hydrogen-bond donors (Lipinski definition) is 0. The van der Waals surface area contributed by atoms with E-state index in [0.29, 0.717) is 30.7 Å². The number of amides is 2. The standard InChI is InChI=1S/C15H15ClN2O4/c16-13-2-1-11(8-17-13)22-12-7-14(19)18(15(12)20)9-10-3-5-21-6-4-10/h1-2,7-8,10H,3-6,9H2. The smallest absolute Gasteiger partial charge is 0.296 e. The lowest BCUT2D eigenvalue weighted by Crippen LogP contribution is -2.37. The summed E-state index contributed by atoms with van der Waals surface area (Å²) in [4.78, 5) is 29.4. The van der Waals surface area contributed by atoms with E-state index in [9.17, 15) is 9.59 Å². The van der Waals surface area contributed by atoms with Crippen molar-refractivity contribution in [2.24, 2.45) is 5.92 Å². The molecule has 2 amide bonds. The molecule has 1 saturated heterocycles. The second kappa shape index (κ2) is 6.46. The summed E-state index contributed by atoms with van der Waals surface area (Å²) in [5.41, 5.74) is 0. The van der Waals surface area contributed by atoms with E-state index < -0.39 is 5.91 Å². The zero-order valence-electron chi connectivity index (χ0n) is 11.8. The second-order valence-corrected chi connectivity index (χ2v) is 5.62. The number of carbonyl (C=O) groups excluding carboxylic acids is 2. The van der Waals surface area contributed by atoms with Crippen LogP contribution in [-0.2, 0) is 14.3 Å². The highest BCUT2D eigenvalue weighted by Gasteiger charge is 2.34. The van der Waals surface area contributed by atoms with Gasteiger partial charge in [0.05, 0.1) is 12.3 Å². The Morgan fingerprint density at radius 3 is 2.77 bits per heavy atom. The van der Waals surface area contributed by atoms with Crippen LogP contribution in [0.2, 0.25) is 5.15 Å². The average Bonchev–Trinajstić information content (AvgIpc) is 2.78. The Morgan fingerprint density at radius 2 is 2.09 bits per heavy atom. The number of ether oxygens (including phenoxy) is 2. The minimum Gasteiger partial charge on any atom is -0.450 e. The van der Waals surface area contributed by atoms with Crippen molar-refractivity contribution in [1.82, 2.24) is 9.88 Å². The zero-order chi connectivity index (χ0) is 15.5. The van der Waals surface area contributed by atoms with Gasteiger partial charge in [0.25, 0.3) is 11.8 Å². The van der Waals surface area contributed by atoms with E-state index in [1.54, 1.807) is 12.1 Å². The zero-order valence-corrected chi connectivity index (χ0v) is 12.6. The Morgan fingerprint density at radius 1 is 1.32 bits per heavy atom. The predicted octanol–water partition coefficient (Wildman–Crippen LogP) is 1.79. The van der Waals surface area contributed by atoms with Gasteiger partial charge in [-0.3, -0.25) is 14.5 Å². The number of carbonyl (C=O) groups is 2. The van der Waals surface area contributed by atoms with Crippen LogP contribution in [0, 0.1) is 5.92 Å². The van der Waals surface area contributed by atoms with Gasteiger partial charge in [-0.2, -0.15) is 0 Å². The van der Waals surface area contributed by atoms with Gasteiger partial charge in [-0.1, -0.05) is 11.6 Å². The topological polar surface area (TPSA) is 68.7 Å². The molecule has 0 saturated carbocycles. The molecule has 1 fully saturated rings. The molecule has 0 spiro atoms. The van der Waals surface area contributed by atoms with E-state index in [2.05, 4.69) is 4.98 Å². The number of imide groups is 1. The summed E-state index contributed by atoms with van der Waals surface area (Å²) in [5.74, 6) is -0.0858. The van der Waals surface area contributed by atoms with Gasteiger partial charge in [-0.25, -0.2) is 4.98 Å². The van der Waals surface area contributed by atoms with E-state index in [4.69, 9.17) is 21.1 Å². The van der Waals surface area contributed by atoms with E-state index >= 15 is 0 Å². The number of hydrogen-bond acceptors (Lipinski definition) is 5. The number of halogens is 1. The Kier molecular flexibility index (Phi) is 4.40. The maximum Gasteiger partial charge on any atom is 0.296 e. The van der Waals surface area contributed by atoms with Gasteiger partial charge in [0.2, 0.25) is 0 Å². The average molecular weight is 323 g/mol. The summed E-state index contributed by atoms with van der Waals surface area (Å²) in [7, 11) is 0. The molecule has 3 heterocycles. The van der Waals surface area contributed by atoms with Gasteiger partial charge in [-0.05, 0) is 30.9 Å². The highest BCUT2D eigenvalue weighted by atomic mass is 35.5. The molecule has 7 heteroatoms. The van der Waals surface area contributed by atoms with Crippen molar-refractivity contribution in [2.45, 2.75) is 12.8 Å². The molecule has 3 rings (SSSR count). The van der Waals surface area contributed by atoms with Crippen molar-refractivity contribution in [1.29, 1.82) is 0 Å². The van der Waals surface area contributed by atoms with Gasteiger partial charge in [0, 0.05) is 19.8 Å². The first-order valence-electron chi connectivity index (χ1n) is 7.08. The Bertz CT molecular complexity index is 608. The minimum atomic E-state index is -0.411. The van der Waals surface area contributed by atoms with Gasteiger partial charge in [0.15, 0.2) is 5.76 Å². The third kappa shape index (κ3) is 3.28. The first-order chi connectivity index (χ1) is 10.6. The van der Waals surface area contributed by atoms with Gasteiger partial charge in [-0.15, -0.1) is 0 Å². The lowest BCUT2D eigenvalue weighted by molar-refractivity contribution is -0.139. The van der Waals surface area contributed by atoms with Crippen LogP contribution in [0.3, 0.4) is 0 Å². The van der Waals surface area contributed by atoms with Crippen LogP contribution in [0.5, 0.6) is 5.75 Å². The number of rotatable bonds is 4. The first-order valence-corrected chi connectivity index (χ1v) is 7.46. The molecule has 2 aliphatic rings. The summed E-state index contributed by atoms with van der Waals surface area (Å²) in [6, 6.07) is 3.15. The third-order valence-corrected chi connectivity index (χ3v) is 3.91. The molecular formula is C15H15ClN2O4. The molecule has 1 aromatic heterocycles. The highest BCUT2D eigenvalue weighted by Crippen LogP contribution is 2.23. The maximum absolute atomic E-state index is 12.3.